The van der Waals surface area contributed by atoms with Crippen LogP contribution in [-0.2, 0) is 9.53 Å². The molecule has 0 saturated carbocycles. The second-order valence-electron chi connectivity index (χ2n) is 4.85. The number of rotatable bonds is 2. The van der Waals surface area contributed by atoms with Gasteiger partial charge >= 0.3 is 5.97 Å². The van der Waals surface area contributed by atoms with E-state index in [0.29, 0.717) is 18.5 Å². The molecular formula is C15H19NO3. The molecule has 1 aromatic carbocycles. The molecule has 1 aliphatic heterocycles. The Morgan fingerprint density at radius 1 is 1.26 bits per heavy atom. The van der Waals surface area contributed by atoms with Crippen LogP contribution < -0.4 is 0 Å². The zero-order valence-electron chi connectivity index (χ0n) is 11.4. The minimum Gasteiger partial charge on any atom is -0.467 e. The largest absolute Gasteiger partial charge is 0.467 e. The van der Waals surface area contributed by atoms with Gasteiger partial charge in [-0.3, -0.25) is 4.79 Å². The highest BCUT2D eigenvalue weighted by atomic mass is 16.5. The molecule has 1 amide bonds. The van der Waals surface area contributed by atoms with E-state index in [2.05, 4.69) is 0 Å². The number of amides is 1. The van der Waals surface area contributed by atoms with Gasteiger partial charge in [-0.15, -0.1) is 0 Å². The Hall–Kier alpha value is -1.84. The average Bonchev–Trinajstić information content (AvgIpc) is 2.46. The summed E-state index contributed by atoms with van der Waals surface area (Å²) in [5.74, 6) is -0.394. The van der Waals surface area contributed by atoms with Gasteiger partial charge in [0.05, 0.1) is 7.11 Å². The summed E-state index contributed by atoms with van der Waals surface area (Å²) in [5.41, 5.74) is 1.60. The lowest BCUT2D eigenvalue weighted by Crippen LogP contribution is -2.48. The number of esters is 1. The first-order valence-electron chi connectivity index (χ1n) is 6.59. The molecule has 1 aromatic rings. The van der Waals surface area contributed by atoms with Gasteiger partial charge in [0, 0.05) is 12.1 Å². The van der Waals surface area contributed by atoms with Crippen molar-refractivity contribution in [1.82, 2.24) is 4.90 Å². The number of hydrogen-bond donors (Lipinski definition) is 0. The molecule has 2 rings (SSSR count). The van der Waals surface area contributed by atoms with Crippen LogP contribution in [0.25, 0.3) is 0 Å². The molecule has 1 aliphatic rings. The summed E-state index contributed by atoms with van der Waals surface area (Å²) in [7, 11) is 1.37. The normalized spacial score (nSPS) is 19.1. The zero-order valence-corrected chi connectivity index (χ0v) is 11.4. The molecule has 0 aromatic heterocycles. The second kappa shape index (κ2) is 5.87. The van der Waals surface area contributed by atoms with Gasteiger partial charge in [0.2, 0.25) is 0 Å². The van der Waals surface area contributed by atoms with Crippen molar-refractivity contribution in [2.24, 2.45) is 0 Å². The van der Waals surface area contributed by atoms with Gasteiger partial charge in [0.1, 0.15) is 6.04 Å². The van der Waals surface area contributed by atoms with Crippen LogP contribution >= 0.6 is 0 Å². The number of benzene rings is 1. The Balaban J connectivity index is 2.25. The fraction of sp³-hybridized carbons (Fsp3) is 0.467. The van der Waals surface area contributed by atoms with Gasteiger partial charge in [-0.25, -0.2) is 4.79 Å². The number of aryl methyl sites for hydroxylation is 1. The van der Waals surface area contributed by atoms with Gasteiger partial charge < -0.3 is 9.64 Å². The maximum absolute atomic E-state index is 12.6. The van der Waals surface area contributed by atoms with Crippen LogP contribution in [0.15, 0.2) is 24.3 Å². The minimum atomic E-state index is -0.439. The second-order valence-corrected chi connectivity index (χ2v) is 4.85. The maximum atomic E-state index is 12.6. The molecule has 0 unspecified atom stereocenters. The molecule has 1 fully saturated rings. The summed E-state index contributed by atoms with van der Waals surface area (Å²) in [5, 5.41) is 0. The van der Waals surface area contributed by atoms with Crippen LogP contribution in [0.1, 0.15) is 35.2 Å². The van der Waals surface area contributed by atoms with Gasteiger partial charge in [-0.2, -0.15) is 0 Å². The van der Waals surface area contributed by atoms with Crippen molar-refractivity contribution in [3.8, 4) is 0 Å². The monoisotopic (exact) mass is 261 g/mol. The predicted octanol–water partition coefficient (Wildman–Crippen LogP) is 2.16. The Morgan fingerprint density at radius 3 is 2.68 bits per heavy atom. The molecule has 0 spiro atoms. The lowest BCUT2D eigenvalue weighted by molar-refractivity contribution is -0.147. The van der Waals surface area contributed by atoms with Gasteiger partial charge in [-0.05, 0) is 37.8 Å². The number of carbonyl (C=O) groups excluding carboxylic acids is 2. The van der Waals surface area contributed by atoms with Crippen molar-refractivity contribution in [2.45, 2.75) is 32.2 Å². The van der Waals surface area contributed by atoms with E-state index in [0.717, 1.165) is 18.4 Å². The summed E-state index contributed by atoms with van der Waals surface area (Å²) in [4.78, 5) is 26.0. The van der Waals surface area contributed by atoms with Crippen LogP contribution in [-0.4, -0.2) is 36.5 Å². The summed E-state index contributed by atoms with van der Waals surface area (Å²) in [6.07, 6.45) is 2.58. The number of carbonyl (C=O) groups is 2. The van der Waals surface area contributed by atoms with Crippen molar-refractivity contribution in [2.75, 3.05) is 13.7 Å². The fourth-order valence-corrected chi connectivity index (χ4v) is 2.52. The molecule has 0 aliphatic carbocycles. The zero-order chi connectivity index (χ0) is 13.8. The van der Waals surface area contributed by atoms with Crippen molar-refractivity contribution < 1.29 is 14.3 Å². The molecule has 1 atom stereocenters. The van der Waals surface area contributed by atoms with Crippen molar-refractivity contribution in [1.29, 1.82) is 0 Å². The molecule has 4 nitrogen and oxygen atoms in total. The van der Waals surface area contributed by atoms with E-state index in [9.17, 15) is 9.59 Å². The maximum Gasteiger partial charge on any atom is 0.328 e. The van der Waals surface area contributed by atoms with E-state index < -0.39 is 6.04 Å². The average molecular weight is 261 g/mol. The predicted molar refractivity (Wildman–Crippen MR) is 71.9 cm³/mol. The Morgan fingerprint density at radius 2 is 2.00 bits per heavy atom. The van der Waals surface area contributed by atoms with Crippen LogP contribution in [0.3, 0.4) is 0 Å². The lowest BCUT2D eigenvalue weighted by atomic mass is 9.99. The van der Waals surface area contributed by atoms with Gasteiger partial charge in [-0.1, -0.05) is 18.2 Å². The smallest absolute Gasteiger partial charge is 0.328 e. The van der Waals surface area contributed by atoms with Crippen molar-refractivity contribution >= 4 is 11.9 Å². The van der Waals surface area contributed by atoms with E-state index in [-0.39, 0.29) is 11.9 Å². The summed E-state index contributed by atoms with van der Waals surface area (Å²) >= 11 is 0. The van der Waals surface area contributed by atoms with Crippen LogP contribution in [0.2, 0.25) is 0 Å². The molecular weight excluding hydrogens is 242 g/mol. The number of ether oxygens (including phenoxy) is 1. The Labute approximate surface area is 113 Å². The van der Waals surface area contributed by atoms with Crippen LogP contribution in [0.5, 0.6) is 0 Å². The number of hydrogen-bond acceptors (Lipinski definition) is 3. The molecule has 1 saturated heterocycles. The molecule has 4 heteroatoms. The quantitative estimate of drug-likeness (QED) is 0.766. The first-order chi connectivity index (χ1) is 9.15. The summed E-state index contributed by atoms with van der Waals surface area (Å²) in [6.45, 7) is 2.53. The van der Waals surface area contributed by atoms with E-state index in [1.54, 1.807) is 11.0 Å². The number of nitrogens with zero attached hydrogens (tertiary/aromatic N) is 1. The number of likely N-dealkylation sites (tertiary alicyclic amines) is 1. The highest BCUT2D eigenvalue weighted by Crippen LogP contribution is 2.21. The lowest BCUT2D eigenvalue weighted by Gasteiger charge is -2.34. The topological polar surface area (TPSA) is 46.6 Å². The molecule has 1 heterocycles. The SMILES string of the molecule is COC(=O)[C@@H]1CCCCN1C(=O)c1ccccc1C. The Bertz CT molecular complexity index is 484. The molecule has 0 radical (unpaired) electrons. The number of piperidine rings is 1. The van der Waals surface area contributed by atoms with Crippen molar-refractivity contribution in [3.63, 3.8) is 0 Å². The van der Waals surface area contributed by atoms with Crippen LogP contribution in [0, 0.1) is 6.92 Å². The molecule has 102 valence electrons. The van der Waals surface area contributed by atoms with E-state index in [4.69, 9.17) is 4.74 Å². The third-order valence-corrected chi connectivity index (χ3v) is 3.61. The standard InChI is InChI=1S/C15H19NO3/c1-11-7-3-4-8-12(11)14(17)16-10-6-5-9-13(16)15(18)19-2/h3-4,7-8,13H,5-6,9-10H2,1-2H3/t13-/m0/s1. The minimum absolute atomic E-state index is 0.0757. The first kappa shape index (κ1) is 13.6. The molecule has 0 bridgehead atoms. The van der Waals surface area contributed by atoms with E-state index in [1.165, 1.54) is 7.11 Å². The van der Waals surface area contributed by atoms with Crippen LogP contribution in [0.4, 0.5) is 0 Å². The van der Waals surface area contributed by atoms with Gasteiger partial charge in [0.25, 0.3) is 5.91 Å². The summed E-state index contributed by atoms with van der Waals surface area (Å²) in [6, 6.07) is 7.02. The Kier molecular flexibility index (Phi) is 4.20. The third kappa shape index (κ3) is 2.78. The number of methoxy groups -OCH3 is 1. The van der Waals surface area contributed by atoms with Crippen molar-refractivity contribution in [3.05, 3.63) is 35.4 Å². The van der Waals surface area contributed by atoms with Gasteiger partial charge in [0.15, 0.2) is 0 Å². The fourth-order valence-electron chi connectivity index (χ4n) is 2.52. The van der Waals surface area contributed by atoms with E-state index >= 15 is 0 Å². The third-order valence-electron chi connectivity index (χ3n) is 3.61. The molecule has 0 N–H and O–H groups in total. The first-order valence-corrected chi connectivity index (χ1v) is 6.59. The molecule has 19 heavy (non-hydrogen) atoms. The highest BCUT2D eigenvalue weighted by molar-refractivity contribution is 5.98. The highest BCUT2D eigenvalue weighted by Gasteiger charge is 2.33. The summed E-state index contributed by atoms with van der Waals surface area (Å²) < 4.78 is 4.80. The van der Waals surface area contributed by atoms with E-state index in [1.807, 2.05) is 25.1 Å².